The van der Waals surface area contributed by atoms with Gasteiger partial charge in [-0.1, -0.05) is 0 Å². The summed E-state index contributed by atoms with van der Waals surface area (Å²) in [7, 11) is 0. The van der Waals surface area contributed by atoms with E-state index in [-0.39, 0.29) is 5.49 Å². The Balaban J connectivity index is 1.76. The van der Waals surface area contributed by atoms with Crippen molar-refractivity contribution in [3.8, 4) is 0 Å². The van der Waals surface area contributed by atoms with Crippen LogP contribution in [0.5, 0.6) is 0 Å². The molecular formula is C31H40HfSi. The van der Waals surface area contributed by atoms with E-state index in [4.69, 9.17) is 0 Å². The molecule has 0 N–H and O–H groups in total. The Kier molecular flexibility index (Phi) is 6.88. The van der Waals surface area contributed by atoms with Gasteiger partial charge in [0.15, 0.2) is 0 Å². The molecule has 0 amide bonds. The fraction of sp³-hybridized carbons (Fsp3) is 0.484. The molecule has 1 aliphatic heterocycles. The molecule has 0 saturated carbocycles. The van der Waals surface area contributed by atoms with Crippen LogP contribution < -0.4 is 0 Å². The first kappa shape index (κ1) is 23.7. The first-order chi connectivity index (χ1) is 16.0. The first-order valence-corrected chi connectivity index (χ1v) is 24.9. The normalized spacial score (nSPS) is 20.8. The van der Waals surface area contributed by atoms with Crippen molar-refractivity contribution in [1.82, 2.24) is 0 Å². The third-order valence-corrected chi connectivity index (χ3v) is 40.1. The number of allylic oxidation sites excluding steroid dienone is 2. The van der Waals surface area contributed by atoms with Crippen molar-refractivity contribution >= 4 is 17.6 Å². The van der Waals surface area contributed by atoms with E-state index in [1.807, 2.05) is 11.1 Å². The van der Waals surface area contributed by atoms with Gasteiger partial charge in [-0.2, -0.15) is 0 Å². The summed E-state index contributed by atoms with van der Waals surface area (Å²) < 4.78 is 1.66. The van der Waals surface area contributed by atoms with Crippen molar-refractivity contribution in [2.75, 3.05) is 0 Å². The molecule has 0 radical (unpaired) electrons. The molecule has 3 aliphatic rings. The molecule has 2 atom stereocenters. The number of hydrogen-bond donors (Lipinski definition) is 0. The van der Waals surface area contributed by atoms with Crippen LogP contribution in [-0.2, 0) is 45.7 Å². The zero-order chi connectivity index (χ0) is 23.3. The average Bonchev–Trinajstić information content (AvgIpc) is 3.31. The minimum absolute atomic E-state index is 0.157. The summed E-state index contributed by atoms with van der Waals surface area (Å²) in [6.45, 7) is 14.5. The third kappa shape index (κ3) is 3.79. The molecule has 0 bridgehead atoms. The fourth-order valence-corrected chi connectivity index (χ4v) is 43.8. The van der Waals surface area contributed by atoms with Crippen LogP contribution in [0.1, 0.15) is 99.8 Å². The molecule has 1 fully saturated rings. The van der Waals surface area contributed by atoms with Gasteiger partial charge in [-0.25, -0.2) is 0 Å². The molecule has 2 unspecified atom stereocenters. The summed E-state index contributed by atoms with van der Waals surface area (Å²) in [6.07, 6.45) is 11.5. The van der Waals surface area contributed by atoms with Gasteiger partial charge in [0.05, 0.1) is 0 Å². The number of rotatable bonds is 6. The molecule has 5 rings (SSSR count). The van der Waals surface area contributed by atoms with Gasteiger partial charge in [-0.05, 0) is 0 Å². The number of hydrogen-bond acceptors (Lipinski definition) is 0. The monoisotopic (exact) mass is 620 g/mol. The van der Waals surface area contributed by atoms with Crippen LogP contribution in [0.25, 0.3) is 12.2 Å². The second kappa shape index (κ2) is 9.57. The molecule has 2 aromatic carbocycles. The van der Waals surface area contributed by atoms with E-state index >= 15 is 0 Å². The van der Waals surface area contributed by atoms with E-state index in [0.29, 0.717) is 0 Å². The van der Waals surface area contributed by atoms with Crippen LogP contribution in [0.3, 0.4) is 0 Å². The van der Waals surface area contributed by atoms with Crippen molar-refractivity contribution in [2.45, 2.75) is 93.1 Å². The Labute approximate surface area is 209 Å². The Hall–Kier alpha value is -0.993. The van der Waals surface area contributed by atoms with E-state index in [1.54, 1.807) is 56.6 Å². The molecule has 0 aromatic heterocycles. The van der Waals surface area contributed by atoms with Crippen molar-refractivity contribution in [3.63, 3.8) is 0 Å². The Morgan fingerprint density at radius 3 is 1.39 bits per heavy atom. The van der Waals surface area contributed by atoms with Crippen LogP contribution >= 0.6 is 0 Å². The zero-order valence-corrected chi connectivity index (χ0v) is 26.2. The van der Waals surface area contributed by atoms with Crippen molar-refractivity contribution in [1.29, 1.82) is 0 Å². The van der Waals surface area contributed by atoms with E-state index in [2.05, 4.69) is 78.0 Å². The summed E-state index contributed by atoms with van der Waals surface area (Å²) in [5, 5.41) is 0. The summed E-state index contributed by atoms with van der Waals surface area (Å²) in [6, 6.07) is 13.1. The number of benzene rings is 2. The molecule has 1 saturated heterocycles. The Bertz CT molecular complexity index is 1120. The summed E-state index contributed by atoms with van der Waals surface area (Å²) in [5.41, 5.74) is 16.7. The molecule has 2 aliphatic carbocycles. The minimum atomic E-state index is -2.13. The fourth-order valence-electron chi connectivity index (χ4n) is 6.81. The van der Waals surface area contributed by atoms with Crippen molar-refractivity contribution in [3.05, 3.63) is 79.9 Å². The predicted molar refractivity (Wildman–Crippen MR) is 143 cm³/mol. The van der Waals surface area contributed by atoms with E-state index in [9.17, 15) is 0 Å². The van der Waals surface area contributed by atoms with Crippen molar-refractivity contribution < 1.29 is 20.1 Å². The van der Waals surface area contributed by atoms with Crippen molar-refractivity contribution in [2.24, 2.45) is 0 Å². The molecule has 0 nitrogen and oxygen atoms in total. The standard InChI is InChI=1S/2C14H17.C3H6Si.Hf/c2*1-4-11-6-7-12(5-2)14-9-10(3)8-13(11)14;1-2-4-3-1;/h2*6-9H,4-5H2,1-3H3;1-3H2;. The predicted octanol–water partition coefficient (Wildman–Crippen LogP) is 8.57. The van der Waals surface area contributed by atoms with Gasteiger partial charge in [0.2, 0.25) is 0 Å². The molecule has 2 aromatic rings. The van der Waals surface area contributed by atoms with Gasteiger partial charge in [0.1, 0.15) is 0 Å². The third-order valence-electron chi connectivity index (χ3n) is 8.68. The SMILES string of the molecule is CCc1ccc(CC)c2c1C=C(C)[CH]2[Hf]([CH]1C(C)=Cc2c(CC)ccc(CC)c21)=[Si]1CCC1. The molecule has 33 heavy (non-hydrogen) atoms. The van der Waals surface area contributed by atoms with E-state index in [0.717, 1.165) is 20.2 Å². The maximum atomic E-state index is 2.64. The van der Waals surface area contributed by atoms with Gasteiger partial charge in [-0.3, -0.25) is 0 Å². The second-order valence-electron chi connectivity index (χ2n) is 10.4. The van der Waals surface area contributed by atoms with Gasteiger partial charge < -0.3 is 0 Å². The summed E-state index contributed by atoms with van der Waals surface area (Å²) in [5.74, 6) is 0. The van der Waals surface area contributed by atoms with E-state index in [1.165, 1.54) is 19.3 Å². The van der Waals surface area contributed by atoms with Gasteiger partial charge in [0.25, 0.3) is 0 Å². The molecular weight excluding hydrogens is 579 g/mol. The quantitative estimate of drug-likeness (QED) is 0.285. The topological polar surface area (TPSA) is 0 Å². The average molecular weight is 619 g/mol. The summed E-state index contributed by atoms with van der Waals surface area (Å²) >= 11 is -2.13. The van der Waals surface area contributed by atoms with Crippen LogP contribution in [0, 0.1) is 0 Å². The van der Waals surface area contributed by atoms with Gasteiger partial charge >= 0.3 is 211 Å². The van der Waals surface area contributed by atoms with Gasteiger partial charge in [0, 0.05) is 0 Å². The van der Waals surface area contributed by atoms with Crippen LogP contribution in [0.15, 0.2) is 35.4 Å². The molecule has 1 heterocycles. The first-order valence-electron chi connectivity index (χ1n) is 13.4. The summed E-state index contributed by atoms with van der Waals surface area (Å²) in [4.78, 5) is 0. The van der Waals surface area contributed by atoms with Gasteiger partial charge in [-0.15, -0.1) is 0 Å². The van der Waals surface area contributed by atoms with E-state index < -0.39 is 20.1 Å². The zero-order valence-electron chi connectivity index (χ0n) is 21.6. The number of fused-ring (bicyclic) bond motifs is 2. The molecule has 2 heteroatoms. The Morgan fingerprint density at radius 2 is 1.06 bits per heavy atom. The van der Waals surface area contributed by atoms with Crippen LogP contribution in [0.4, 0.5) is 0 Å². The second-order valence-corrected chi connectivity index (χ2v) is 32.4. The van der Waals surface area contributed by atoms with Crippen LogP contribution in [-0.4, -0.2) is 5.49 Å². The Morgan fingerprint density at radius 1 is 0.667 bits per heavy atom. The number of aryl methyl sites for hydroxylation is 4. The maximum absolute atomic E-state index is 2.64. The molecule has 0 spiro atoms. The molecule has 172 valence electrons. The van der Waals surface area contributed by atoms with Crippen LogP contribution in [0.2, 0.25) is 12.1 Å².